The minimum atomic E-state index is -0.372. The lowest BCUT2D eigenvalue weighted by atomic mass is 9.78. The van der Waals surface area contributed by atoms with Gasteiger partial charge in [-0.05, 0) is 38.1 Å². The van der Waals surface area contributed by atoms with Gasteiger partial charge in [0.15, 0.2) is 0 Å². The Balaban J connectivity index is 1.85. The summed E-state index contributed by atoms with van der Waals surface area (Å²) in [5.74, 6) is 0.994. The smallest absolute Gasteiger partial charge is 0.228 e. The number of hydrogen-bond acceptors (Lipinski definition) is 4. The molecule has 0 aromatic carbocycles. The van der Waals surface area contributed by atoms with E-state index in [1.54, 1.807) is 13.4 Å². The van der Waals surface area contributed by atoms with Crippen molar-refractivity contribution in [3.63, 3.8) is 0 Å². The molecule has 2 heterocycles. The third-order valence-corrected chi connectivity index (χ3v) is 3.70. The van der Waals surface area contributed by atoms with Gasteiger partial charge in [-0.2, -0.15) is 0 Å². The number of rotatable bonds is 6. The molecule has 0 aliphatic carbocycles. The van der Waals surface area contributed by atoms with Crippen LogP contribution in [0.4, 0.5) is 0 Å². The van der Waals surface area contributed by atoms with E-state index in [0.717, 1.165) is 38.1 Å². The number of piperidine rings is 1. The van der Waals surface area contributed by atoms with Crippen LogP contribution in [0.3, 0.4) is 0 Å². The quantitative estimate of drug-likeness (QED) is 0.805. The zero-order chi connectivity index (χ0) is 13.6. The molecule has 5 heteroatoms. The van der Waals surface area contributed by atoms with Gasteiger partial charge >= 0.3 is 0 Å². The van der Waals surface area contributed by atoms with Crippen LogP contribution in [-0.4, -0.2) is 39.3 Å². The Morgan fingerprint density at radius 1 is 1.53 bits per heavy atom. The van der Waals surface area contributed by atoms with Crippen molar-refractivity contribution >= 4 is 5.91 Å². The van der Waals surface area contributed by atoms with E-state index in [4.69, 9.17) is 9.15 Å². The van der Waals surface area contributed by atoms with Crippen molar-refractivity contribution in [3.8, 4) is 0 Å². The molecule has 19 heavy (non-hydrogen) atoms. The third-order valence-electron chi connectivity index (χ3n) is 3.70. The summed E-state index contributed by atoms with van der Waals surface area (Å²) in [7, 11) is 1.65. The zero-order valence-corrected chi connectivity index (χ0v) is 11.4. The molecule has 0 atom stereocenters. The van der Waals surface area contributed by atoms with Crippen LogP contribution in [-0.2, 0) is 16.0 Å². The third kappa shape index (κ3) is 3.58. The topological polar surface area (TPSA) is 63.5 Å². The van der Waals surface area contributed by atoms with Crippen molar-refractivity contribution in [2.75, 3.05) is 33.4 Å². The maximum absolute atomic E-state index is 12.4. The van der Waals surface area contributed by atoms with Gasteiger partial charge in [-0.1, -0.05) is 0 Å². The van der Waals surface area contributed by atoms with Gasteiger partial charge in [0, 0.05) is 20.1 Å². The van der Waals surface area contributed by atoms with E-state index in [9.17, 15) is 4.79 Å². The number of nitrogens with one attached hydrogen (secondary N) is 2. The highest BCUT2D eigenvalue weighted by Crippen LogP contribution is 2.29. The lowest BCUT2D eigenvalue weighted by molar-refractivity contribution is -0.136. The van der Waals surface area contributed by atoms with Crippen molar-refractivity contribution in [1.29, 1.82) is 0 Å². The van der Waals surface area contributed by atoms with Crippen LogP contribution in [0.1, 0.15) is 18.6 Å². The predicted octanol–water partition coefficient (Wildman–Crippen LogP) is 0.954. The summed E-state index contributed by atoms with van der Waals surface area (Å²) in [4.78, 5) is 12.4. The first-order valence-electron chi connectivity index (χ1n) is 6.77. The molecule has 0 bridgehead atoms. The first-order chi connectivity index (χ1) is 9.27. The average Bonchev–Trinajstić information content (AvgIpc) is 2.93. The molecule has 1 aliphatic heterocycles. The molecule has 1 aromatic rings. The zero-order valence-electron chi connectivity index (χ0n) is 11.4. The van der Waals surface area contributed by atoms with E-state index in [2.05, 4.69) is 10.6 Å². The first-order valence-corrected chi connectivity index (χ1v) is 6.77. The lowest BCUT2D eigenvalue weighted by Crippen LogP contribution is -2.50. The molecule has 1 aromatic heterocycles. The number of carbonyl (C=O) groups excluding carboxylic acids is 1. The molecule has 0 unspecified atom stereocenters. The van der Waals surface area contributed by atoms with Gasteiger partial charge in [-0.15, -0.1) is 0 Å². The molecule has 106 valence electrons. The number of ether oxygens (including phenoxy) is 1. The van der Waals surface area contributed by atoms with Crippen molar-refractivity contribution in [1.82, 2.24) is 10.6 Å². The summed E-state index contributed by atoms with van der Waals surface area (Å²) < 4.78 is 10.5. The van der Waals surface area contributed by atoms with Crippen molar-refractivity contribution in [2.45, 2.75) is 19.3 Å². The van der Waals surface area contributed by atoms with Gasteiger partial charge in [0.2, 0.25) is 5.91 Å². The maximum Gasteiger partial charge on any atom is 0.228 e. The van der Waals surface area contributed by atoms with Crippen LogP contribution in [0.2, 0.25) is 0 Å². The Morgan fingerprint density at radius 3 is 2.95 bits per heavy atom. The minimum absolute atomic E-state index is 0.0995. The molecule has 1 fully saturated rings. The Hall–Kier alpha value is -1.33. The molecule has 1 saturated heterocycles. The fraction of sp³-hybridized carbons (Fsp3) is 0.643. The van der Waals surface area contributed by atoms with Gasteiger partial charge in [0.05, 0.1) is 18.3 Å². The molecule has 5 nitrogen and oxygen atoms in total. The monoisotopic (exact) mass is 266 g/mol. The van der Waals surface area contributed by atoms with E-state index >= 15 is 0 Å². The van der Waals surface area contributed by atoms with E-state index < -0.39 is 0 Å². The van der Waals surface area contributed by atoms with Crippen molar-refractivity contribution < 1.29 is 13.9 Å². The summed E-state index contributed by atoms with van der Waals surface area (Å²) in [6.45, 7) is 2.83. The molecule has 0 spiro atoms. The fourth-order valence-electron chi connectivity index (χ4n) is 2.56. The second-order valence-electron chi connectivity index (χ2n) is 5.05. The lowest BCUT2D eigenvalue weighted by Gasteiger charge is -2.35. The van der Waals surface area contributed by atoms with Gasteiger partial charge in [0.25, 0.3) is 0 Å². The van der Waals surface area contributed by atoms with Crippen LogP contribution >= 0.6 is 0 Å². The molecule has 0 radical (unpaired) electrons. The van der Waals surface area contributed by atoms with Crippen LogP contribution < -0.4 is 10.6 Å². The van der Waals surface area contributed by atoms with Crippen LogP contribution in [0, 0.1) is 5.41 Å². The highest BCUT2D eigenvalue weighted by Gasteiger charge is 2.39. The Kier molecular flexibility index (Phi) is 4.99. The van der Waals surface area contributed by atoms with Crippen molar-refractivity contribution in [3.05, 3.63) is 24.2 Å². The molecule has 2 N–H and O–H groups in total. The summed E-state index contributed by atoms with van der Waals surface area (Å²) >= 11 is 0. The van der Waals surface area contributed by atoms with E-state index in [1.165, 1.54) is 0 Å². The summed E-state index contributed by atoms with van der Waals surface area (Å²) in [5.41, 5.74) is -0.372. The number of amides is 1. The number of methoxy groups -OCH3 is 1. The first kappa shape index (κ1) is 14.1. The van der Waals surface area contributed by atoms with E-state index in [1.807, 2.05) is 12.1 Å². The van der Waals surface area contributed by atoms with Gasteiger partial charge < -0.3 is 19.8 Å². The van der Waals surface area contributed by atoms with Crippen LogP contribution in [0.5, 0.6) is 0 Å². The SMILES string of the molecule is COCC1(C(=O)NCCc2ccco2)CCNCC1. The van der Waals surface area contributed by atoms with Gasteiger partial charge in [-0.3, -0.25) is 4.79 Å². The highest BCUT2D eigenvalue weighted by atomic mass is 16.5. The van der Waals surface area contributed by atoms with E-state index in [-0.39, 0.29) is 11.3 Å². The van der Waals surface area contributed by atoms with Gasteiger partial charge in [0.1, 0.15) is 5.76 Å². The maximum atomic E-state index is 12.4. The van der Waals surface area contributed by atoms with E-state index in [0.29, 0.717) is 13.2 Å². The standard InChI is InChI=1S/C14H22N2O3/c1-18-11-14(5-8-15-9-6-14)13(17)16-7-4-12-3-2-10-19-12/h2-3,10,15H,4-9,11H2,1H3,(H,16,17). The number of hydrogen-bond donors (Lipinski definition) is 2. The molecule has 1 amide bonds. The fourth-order valence-corrected chi connectivity index (χ4v) is 2.56. The van der Waals surface area contributed by atoms with Crippen LogP contribution in [0.15, 0.2) is 22.8 Å². The molecule has 2 rings (SSSR count). The predicted molar refractivity (Wildman–Crippen MR) is 71.8 cm³/mol. The number of carbonyl (C=O) groups is 1. The highest BCUT2D eigenvalue weighted by molar-refractivity contribution is 5.83. The largest absolute Gasteiger partial charge is 0.469 e. The Morgan fingerprint density at radius 2 is 2.32 bits per heavy atom. The Labute approximate surface area is 113 Å². The number of furan rings is 1. The average molecular weight is 266 g/mol. The molecule has 1 aliphatic rings. The molecule has 0 saturated carbocycles. The normalized spacial score (nSPS) is 18.2. The summed E-state index contributed by atoms with van der Waals surface area (Å²) in [6, 6.07) is 3.78. The second kappa shape index (κ2) is 6.73. The summed E-state index contributed by atoms with van der Waals surface area (Å²) in [6.07, 6.45) is 4.03. The second-order valence-corrected chi connectivity index (χ2v) is 5.05. The molecular formula is C14H22N2O3. The van der Waals surface area contributed by atoms with Crippen molar-refractivity contribution in [2.24, 2.45) is 5.41 Å². The van der Waals surface area contributed by atoms with Gasteiger partial charge in [-0.25, -0.2) is 0 Å². The Bertz CT molecular complexity index is 378. The van der Waals surface area contributed by atoms with Crippen LogP contribution in [0.25, 0.3) is 0 Å². The molecular weight excluding hydrogens is 244 g/mol. The minimum Gasteiger partial charge on any atom is -0.469 e. The summed E-state index contributed by atoms with van der Waals surface area (Å²) in [5, 5.41) is 6.29.